The van der Waals surface area contributed by atoms with E-state index >= 15 is 0 Å². The summed E-state index contributed by atoms with van der Waals surface area (Å²) in [6, 6.07) is 6.85. The second-order valence-corrected chi connectivity index (χ2v) is 7.37. The highest BCUT2D eigenvalue weighted by atomic mass is 14.8. The first-order valence-electron chi connectivity index (χ1n) is 8.21. The molecule has 0 radical (unpaired) electrons. The Hall–Kier alpha value is -0.820. The van der Waals surface area contributed by atoms with Crippen LogP contribution in [0.3, 0.4) is 0 Å². The molecule has 0 spiro atoms. The van der Waals surface area contributed by atoms with Crippen LogP contribution in [0.2, 0.25) is 0 Å². The molecule has 0 bridgehead atoms. The average Bonchev–Trinajstić information content (AvgIpc) is 2.40. The van der Waals surface area contributed by atoms with Crippen molar-refractivity contribution in [2.75, 3.05) is 13.1 Å². The summed E-state index contributed by atoms with van der Waals surface area (Å²) in [5, 5.41) is 3.58. The minimum absolute atomic E-state index is 0.490. The van der Waals surface area contributed by atoms with Gasteiger partial charge in [0.2, 0.25) is 0 Å². The Morgan fingerprint density at radius 2 is 2.00 bits per heavy atom. The molecule has 0 saturated heterocycles. The molecule has 1 N–H and O–H groups in total. The first-order valence-corrected chi connectivity index (χ1v) is 8.21. The molecule has 112 valence electrons. The van der Waals surface area contributed by atoms with Gasteiger partial charge in [-0.1, -0.05) is 39.0 Å². The summed E-state index contributed by atoms with van der Waals surface area (Å²) in [4.78, 5) is 0. The molecule has 1 aliphatic carbocycles. The maximum absolute atomic E-state index is 3.58. The minimum Gasteiger partial charge on any atom is -0.317 e. The van der Waals surface area contributed by atoms with Crippen molar-refractivity contribution in [1.82, 2.24) is 5.32 Å². The molecule has 1 aromatic carbocycles. The van der Waals surface area contributed by atoms with E-state index in [1.54, 1.807) is 5.56 Å². The van der Waals surface area contributed by atoms with E-state index < -0.39 is 0 Å². The van der Waals surface area contributed by atoms with E-state index in [2.05, 4.69) is 58.1 Å². The molecule has 0 aliphatic heterocycles. The molecule has 0 aromatic heterocycles. The molecule has 0 amide bonds. The number of aryl methyl sites for hydroxylation is 1. The number of nitrogens with one attached hydrogen (secondary N) is 1. The molecule has 1 nitrogen and oxygen atoms in total. The van der Waals surface area contributed by atoms with Crippen LogP contribution in [0.15, 0.2) is 18.2 Å². The van der Waals surface area contributed by atoms with Gasteiger partial charge in [-0.2, -0.15) is 0 Å². The third-order valence-electron chi connectivity index (χ3n) is 5.24. The SMILES string of the molecule is CCNCC1CCC(C)(C)CC1c1cccc(C)c1C. The standard InChI is InChI=1S/C19H31N/c1-6-20-13-16-10-11-19(4,5)12-18(16)17-9-7-8-14(2)15(17)3/h7-9,16,18,20H,6,10-13H2,1-5H3. The molecule has 2 unspecified atom stereocenters. The van der Waals surface area contributed by atoms with Gasteiger partial charge >= 0.3 is 0 Å². The van der Waals surface area contributed by atoms with Crippen molar-refractivity contribution < 1.29 is 0 Å². The number of rotatable bonds is 4. The van der Waals surface area contributed by atoms with Gasteiger partial charge in [0.05, 0.1) is 0 Å². The van der Waals surface area contributed by atoms with Gasteiger partial charge in [-0.05, 0) is 80.1 Å². The van der Waals surface area contributed by atoms with E-state index in [-0.39, 0.29) is 0 Å². The van der Waals surface area contributed by atoms with E-state index in [0.29, 0.717) is 5.41 Å². The fraction of sp³-hybridized carbons (Fsp3) is 0.684. The monoisotopic (exact) mass is 273 g/mol. The average molecular weight is 273 g/mol. The zero-order valence-electron chi connectivity index (χ0n) is 13.9. The molecule has 1 aliphatic rings. The summed E-state index contributed by atoms with van der Waals surface area (Å²) in [6.45, 7) is 13.9. The highest BCUT2D eigenvalue weighted by molar-refractivity contribution is 5.36. The van der Waals surface area contributed by atoms with Crippen molar-refractivity contribution in [3.63, 3.8) is 0 Å². The lowest BCUT2D eigenvalue weighted by atomic mass is 9.64. The lowest BCUT2D eigenvalue weighted by Crippen LogP contribution is -2.35. The van der Waals surface area contributed by atoms with Crippen LogP contribution in [-0.4, -0.2) is 13.1 Å². The van der Waals surface area contributed by atoms with Crippen LogP contribution in [0.25, 0.3) is 0 Å². The summed E-state index contributed by atoms with van der Waals surface area (Å²) >= 11 is 0. The van der Waals surface area contributed by atoms with Gasteiger partial charge in [-0.25, -0.2) is 0 Å². The van der Waals surface area contributed by atoms with Crippen molar-refractivity contribution >= 4 is 0 Å². The fourth-order valence-electron chi connectivity index (χ4n) is 3.75. The van der Waals surface area contributed by atoms with Crippen LogP contribution in [-0.2, 0) is 0 Å². The van der Waals surface area contributed by atoms with Crippen LogP contribution in [0.1, 0.15) is 62.6 Å². The highest BCUT2D eigenvalue weighted by Gasteiger charge is 2.35. The molecule has 2 rings (SSSR count). The molecule has 0 heterocycles. The van der Waals surface area contributed by atoms with Gasteiger partial charge in [0, 0.05) is 0 Å². The van der Waals surface area contributed by atoms with Crippen molar-refractivity contribution in [1.29, 1.82) is 0 Å². The second-order valence-electron chi connectivity index (χ2n) is 7.37. The third kappa shape index (κ3) is 3.44. The Morgan fingerprint density at radius 3 is 2.70 bits per heavy atom. The molecule has 2 atom stereocenters. The number of benzene rings is 1. The Balaban J connectivity index is 2.28. The first-order chi connectivity index (χ1) is 9.44. The third-order valence-corrected chi connectivity index (χ3v) is 5.24. The first kappa shape index (κ1) is 15.6. The number of hydrogen-bond donors (Lipinski definition) is 1. The Labute approximate surface area is 125 Å². The summed E-state index contributed by atoms with van der Waals surface area (Å²) in [6.07, 6.45) is 4.05. The molecule has 1 heteroatoms. The summed E-state index contributed by atoms with van der Waals surface area (Å²) < 4.78 is 0. The topological polar surface area (TPSA) is 12.0 Å². The fourth-order valence-corrected chi connectivity index (χ4v) is 3.75. The molecular weight excluding hydrogens is 242 g/mol. The maximum Gasteiger partial charge on any atom is -0.00148 e. The van der Waals surface area contributed by atoms with Gasteiger partial charge in [0.1, 0.15) is 0 Å². The predicted octanol–water partition coefficient (Wildman–Crippen LogP) is 4.82. The van der Waals surface area contributed by atoms with Gasteiger partial charge in [0.25, 0.3) is 0 Å². The Kier molecular flexibility index (Phi) is 4.90. The largest absolute Gasteiger partial charge is 0.317 e. The van der Waals surface area contributed by atoms with Crippen molar-refractivity contribution in [2.24, 2.45) is 11.3 Å². The van der Waals surface area contributed by atoms with Crippen molar-refractivity contribution in [3.05, 3.63) is 34.9 Å². The van der Waals surface area contributed by atoms with Gasteiger partial charge < -0.3 is 5.32 Å². The van der Waals surface area contributed by atoms with Crippen molar-refractivity contribution in [3.8, 4) is 0 Å². The summed E-state index contributed by atoms with van der Waals surface area (Å²) in [5.41, 5.74) is 5.04. The van der Waals surface area contributed by atoms with Crippen LogP contribution >= 0.6 is 0 Å². The van der Waals surface area contributed by atoms with Crippen LogP contribution in [0.4, 0.5) is 0 Å². The maximum atomic E-state index is 3.58. The zero-order valence-corrected chi connectivity index (χ0v) is 13.9. The van der Waals surface area contributed by atoms with E-state index in [1.165, 1.54) is 36.9 Å². The minimum atomic E-state index is 0.490. The van der Waals surface area contributed by atoms with Gasteiger partial charge in [-0.15, -0.1) is 0 Å². The lowest BCUT2D eigenvalue weighted by molar-refractivity contribution is 0.160. The Bertz CT molecular complexity index is 447. The molecule has 1 aromatic rings. The second kappa shape index (κ2) is 6.30. The Morgan fingerprint density at radius 1 is 1.25 bits per heavy atom. The van der Waals surface area contributed by atoms with Gasteiger partial charge in [0.15, 0.2) is 0 Å². The predicted molar refractivity (Wildman–Crippen MR) is 88.3 cm³/mol. The van der Waals surface area contributed by atoms with Crippen LogP contribution in [0.5, 0.6) is 0 Å². The van der Waals surface area contributed by atoms with Gasteiger partial charge in [-0.3, -0.25) is 0 Å². The van der Waals surface area contributed by atoms with E-state index in [1.807, 2.05) is 0 Å². The number of hydrogen-bond acceptors (Lipinski definition) is 1. The quantitative estimate of drug-likeness (QED) is 0.829. The van der Waals surface area contributed by atoms with E-state index in [0.717, 1.165) is 18.4 Å². The van der Waals surface area contributed by atoms with E-state index in [9.17, 15) is 0 Å². The van der Waals surface area contributed by atoms with Crippen molar-refractivity contribution in [2.45, 2.75) is 59.8 Å². The molecular formula is C19H31N. The molecule has 1 fully saturated rings. The van der Waals surface area contributed by atoms with Crippen LogP contribution in [0, 0.1) is 25.2 Å². The summed E-state index contributed by atoms with van der Waals surface area (Å²) in [5.74, 6) is 1.51. The molecule has 1 saturated carbocycles. The van der Waals surface area contributed by atoms with E-state index in [4.69, 9.17) is 0 Å². The normalized spacial score (nSPS) is 25.6. The zero-order chi connectivity index (χ0) is 14.8. The highest BCUT2D eigenvalue weighted by Crippen LogP contribution is 2.47. The smallest absolute Gasteiger partial charge is 0.00148 e. The molecule has 20 heavy (non-hydrogen) atoms. The van der Waals surface area contributed by atoms with Crippen LogP contribution < -0.4 is 5.32 Å². The lowest BCUT2D eigenvalue weighted by Gasteiger charge is -2.42. The summed E-state index contributed by atoms with van der Waals surface area (Å²) in [7, 11) is 0.